The lowest BCUT2D eigenvalue weighted by Crippen LogP contribution is -2.27. The van der Waals surface area contributed by atoms with Crippen molar-refractivity contribution in [3.8, 4) is 0 Å². The number of nitrogens with zero attached hydrogens (tertiary/aromatic N) is 2. The molecule has 1 saturated heterocycles. The molecule has 0 bridgehead atoms. The summed E-state index contributed by atoms with van der Waals surface area (Å²) in [5.41, 5.74) is 1.14. The van der Waals surface area contributed by atoms with E-state index in [2.05, 4.69) is 20.6 Å². The number of hydrogen-bond acceptors (Lipinski definition) is 6. The number of aromatic nitrogens is 1. The van der Waals surface area contributed by atoms with Gasteiger partial charge in [0.05, 0.1) is 17.9 Å². The van der Waals surface area contributed by atoms with Crippen molar-refractivity contribution in [2.45, 2.75) is 25.3 Å². The summed E-state index contributed by atoms with van der Waals surface area (Å²) in [7, 11) is 5.43. The van der Waals surface area contributed by atoms with Crippen molar-refractivity contribution < 1.29 is 9.47 Å². The highest BCUT2D eigenvalue weighted by atomic mass is 32.1. The van der Waals surface area contributed by atoms with E-state index in [1.807, 2.05) is 7.05 Å². The maximum absolute atomic E-state index is 5.43. The second-order valence-electron chi connectivity index (χ2n) is 4.51. The second-order valence-corrected chi connectivity index (χ2v) is 5.45. The Labute approximate surface area is 112 Å². The molecular weight excluding hydrogens is 250 g/mol. The van der Waals surface area contributed by atoms with E-state index >= 15 is 0 Å². The van der Waals surface area contributed by atoms with E-state index in [0.717, 1.165) is 36.9 Å². The van der Waals surface area contributed by atoms with Crippen LogP contribution in [0.3, 0.4) is 0 Å². The molecule has 0 aromatic carbocycles. The summed E-state index contributed by atoms with van der Waals surface area (Å²) in [6.07, 6.45) is 0.343. The van der Waals surface area contributed by atoms with Crippen LogP contribution in [0.1, 0.15) is 10.7 Å². The molecule has 0 spiro atoms. The molecule has 1 aromatic heterocycles. The van der Waals surface area contributed by atoms with Crippen LogP contribution in [0, 0.1) is 0 Å². The van der Waals surface area contributed by atoms with E-state index in [1.54, 1.807) is 25.6 Å². The molecule has 5 nitrogen and oxygen atoms in total. The number of methoxy groups -OCH3 is 2. The SMILES string of the molecule is CNCc1nc(CN2CC(OC)C(OC)C2)cs1. The average molecular weight is 271 g/mol. The minimum Gasteiger partial charge on any atom is -0.377 e. The zero-order valence-corrected chi connectivity index (χ0v) is 12.0. The molecular formula is C12H21N3O2S. The number of thiazole rings is 1. The number of rotatable bonds is 6. The van der Waals surface area contributed by atoms with Gasteiger partial charge >= 0.3 is 0 Å². The average Bonchev–Trinajstić information content (AvgIpc) is 2.97. The van der Waals surface area contributed by atoms with Gasteiger partial charge in [0.25, 0.3) is 0 Å². The number of likely N-dealkylation sites (tertiary alicyclic amines) is 1. The van der Waals surface area contributed by atoms with Gasteiger partial charge in [0, 0.05) is 45.8 Å². The van der Waals surface area contributed by atoms with Crippen LogP contribution in [0.2, 0.25) is 0 Å². The zero-order chi connectivity index (χ0) is 13.0. The standard InChI is InChI=1S/C12H21N3O2S/c1-13-4-12-14-9(8-18-12)5-15-6-10(16-2)11(7-15)17-3/h8,10-11,13H,4-7H2,1-3H3. The Balaban J connectivity index is 1.89. The monoisotopic (exact) mass is 271 g/mol. The maximum atomic E-state index is 5.43. The summed E-state index contributed by atoms with van der Waals surface area (Å²) in [6.45, 7) is 3.54. The van der Waals surface area contributed by atoms with Crippen LogP contribution in [0.4, 0.5) is 0 Å². The summed E-state index contributed by atoms with van der Waals surface area (Å²) in [6, 6.07) is 0. The number of ether oxygens (including phenoxy) is 2. The first-order valence-electron chi connectivity index (χ1n) is 6.12. The zero-order valence-electron chi connectivity index (χ0n) is 11.2. The Bertz CT molecular complexity index is 360. The lowest BCUT2D eigenvalue weighted by molar-refractivity contribution is -0.00461. The van der Waals surface area contributed by atoms with Gasteiger partial charge in [-0.15, -0.1) is 11.3 Å². The highest BCUT2D eigenvalue weighted by molar-refractivity contribution is 7.09. The smallest absolute Gasteiger partial charge is 0.107 e. The van der Waals surface area contributed by atoms with Gasteiger partial charge in [-0.05, 0) is 7.05 Å². The van der Waals surface area contributed by atoms with Gasteiger partial charge in [0.15, 0.2) is 0 Å². The maximum Gasteiger partial charge on any atom is 0.107 e. The molecule has 1 aromatic rings. The van der Waals surface area contributed by atoms with Crippen molar-refractivity contribution >= 4 is 11.3 Å². The van der Waals surface area contributed by atoms with Gasteiger partial charge in [0.2, 0.25) is 0 Å². The Kier molecular flexibility index (Phi) is 5.08. The lowest BCUT2D eigenvalue weighted by atomic mass is 10.3. The largest absolute Gasteiger partial charge is 0.377 e. The summed E-state index contributed by atoms with van der Waals surface area (Å²) < 4.78 is 10.9. The molecule has 6 heteroatoms. The van der Waals surface area contributed by atoms with Crippen LogP contribution >= 0.6 is 11.3 Å². The van der Waals surface area contributed by atoms with Crippen LogP contribution in [0.15, 0.2) is 5.38 Å². The van der Waals surface area contributed by atoms with Gasteiger partial charge in [-0.1, -0.05) is 0 Å². The fourth-order valence-electron chi connectivity index (χ4n) is 2.28. The lowest BCUT2D eigenvalue weighted by Gasteiger charge is -2.13. The van der Waals surface area contributed by atoms with Crippen LogP contribution in [-0.2, 0) is 22.6 Å². The highest BCUT2D eigenvalue weighted by Gasteiger charge is 2.32. The quantitative estimate of drug-likeness (QED) is 0.825. The Morgan fingerprint density at radius 1 is 1.39 bits per heavy atom. The van der Waals surface area contributed by atoms with E-state index < -0.39 is 0 Å². The fourth-order valence-corrected chi connectivity index (χ4v) is 3.08. The Hall–Kier alpha value is -0.530. The second kappa shape index (κ2) is 6.58. The predicted molar refractivity (Wildman–Crippen MR) is 71.7 cm³/mol. The first-order valence-corrected chi connectivity index (χ1v) is 7.00. The summed E-state index contributed by atoms with van der Waals surface area (Å²) in [5, 5.41) is 6.39. The van der Waals surface area contributed by atoms with Crippen LogP contribution in [0.25, 0.3) is 0 Å². The molecule has 0 aliphatic carbocycles. The number of hydrogen-bond donors (Lipinski definition) is 1. The van der Waals surface area contributed by atoms with Gasteiger partial charge in [-0.3, -0.25) is 4.90 Å². The van der Waals surface area contributed by atoms with E-state index in [1.165, 1.54) is 0 Å². The topological polar surface area (TPSA) is 46.6 Å². The van der Waals surface area contributed by atoms with Crippen LogP contribution in [-0.4, -0.2) is 56.4 Å². The van der Waals surface area contributed by atoms with Gasteiger partial charge in [0.1, 0.15) is 5.01 Å². The molecule has 2 rings (SSSR count). The van der Waals surface area contributed by atoms with Crippen molar-refractivity contribution in [3.63, 3.8) is 0 Å². The summed E-state index contributed by atoms with van der Waals surface area (Å²) in [5.74, 6) is 0. The summed E-state index contributed by atoms with van der Waals surface area (Å²) in [4.78, 5) is 6.93. The first-order chi connectivity index (χ1) is 8.76. The Morgan fingerprint density at radius 2 is 2.06 bits per heavy atom. The molecule has 0 saturated carbocycles. The number of nitrogens with one attached hydrogen (secondary N) is 1. The van der Waals surface area contributed by atoms with Gasteiger partial charge in [-0.25, -0.2) is 4.98 Å². The van der Waals surface area contributed by atoms with Crippen LogP contribution in [0.5, 0.6) is 0 Å². The van der Waals surface area contributed by atoms with E-state index in [0.29, 0.717) is 0 Å². The predicted octanol–water partition coefficient (Wildman–Crippen LogP) is 0.708. The van der Waals surface area contributed by atoms with E-state index in [4.69, 9.17) is 9.47 Å². The first kappa shape index (κ1) is 13.9. The van der Waals surface area contributed by atoms with Crippen LogP contribution < -0.4 is 5.32 Å². The van der Waals surface area contributed by atoms with Crippen molar-refractivity contribution in [3.05, 3.63) is 16.1 Å². The molecule has 1 N–H and O–H groups in total. The molecule has 1 aliphatic rings. The highest BCUT2D eigenvalue weighted by Crippen LogP contribution is 2.19. The minimum atomic E-state index is 0.172. The van der Waals surface area contributed by atoms with Gasteiger partial charge < -0.3 is 14.8 Å². The van der Waals surface area contributed by atoms with Crippen molar-refractivity contribution in [2.75, 3.05) is 34.4 Å². The molecule has 0 radical (unpaired) electrons. The minimum absolute atomic E-state index is 0.172. The van der Waals surface area contributed by atoms with Gasteiger partial charge in [-0.2, -0.15) is 0 Å². The molecule has 0 amide bonds. The van der Waals surface area contributed by atoms with Crippen molar-refractivity contribution in [1.82, 2.24) is 15.2 Å². The summed E-state index contributed by atoms with van der Waals surface area (Å²) >= 11 is 1.71. The van der Waals surface area contributed by atoms with Crippen molar-refractivity contribution in [1.29, 1.82) is 0 Å². The normalized spacial score (nSPS) is 24.8. The van der Waals surface area contributed by atoms with Crippen molar-refractivity contribution in [2.24, 2.45) is 0 Å². The Morgan fingerprint density at radius 3 is 2.61 bits per heavy atom. The molecule has 18 heavy (non-hydrogen) atoms. The molecule has 2 heterocycles. The molecule has 1 fully saturated rings. The van der Waals surface area contributed by atoms with E-state index in [-0.39, 0.29) is 12.2 Å². The molecule has 2 atom stereocenters. The molecule has 102 valence electrons. The third-order valence-electron chi connectivity index (χ3n) is 3.21. The fraction of sp³-hybridized carbons (Fsp3) is 0.750. The third kappa shape index (κ3) is 3.27. The van der Waals surface area contributed by atoms with E-state index in [9.17, 15) is 0 Å². The molecule has 2 unspecified atom stereocenters. The molecule has 1 aliphatic heterocycles. The third-order valence-corrected chi connectivity index (χ3v) is 4.11.